The zero-order valence-corrected chi connectivity index (χ0v) is 10.1. The van der Waals surface area contributed by atoms with Gasteiger partial charge in [-0.15, -0.1) is 0 Å². The summed E-state index contributed by atoms with van der Waals surface area (Å²) in [5.41, 5.74) is 0. The van der Waals surface area contributed by atoms with Gasteiger partial charge in [-0.3, -0.25) is 9.41 Å². The largest absolute Gasteiger partial charge is 0.381 e. The van der Waals surface area contributed by atoms with Gasteiger partial charge in [-0.2, -0.15) is 0 Å². The van der Waals surface area contributed by atoms with Crippen molar-refractivity contribution in [2.24, 2.45) is 0 Å². The van der Waals surface area contributed by atoms with Gasteiger partial charge in [-0.25, -0.2) is 0 Å². The van der Waals surface area contributed by atoms with E-state index >= 15 is 0 Å². The van der Waals surface area contributed by atoms with E-state index in [4.69, 9.17) is 4.74 Å². The molecule has 0 aromatic carbocycles. The molecule has 1 aliphatic heterocycles. The number of rotatable bonds is 4. The van der Waals surface area contributed by atoms with E-state index in [9.17, 15) is 0 Å². The summed E-state index contributed by atoms with van der Waals surface area (Å²) in [6.07, 6.45) is 6.49. The molecule has 1 saturated heterocycles. The normalized spacial score (nSPS) is 14.0. The summed E-state index contributed by atoms with van der Waals surface area (Å²) in [5.74, 6) is 0. The Balaban J connectivity index is -0.000000170. The fraction of sp³-hybridized carbons (Fsp3) is 1.00. The molecule has 1 fully saturated rings. The van der Waals surface area contributed by atoms with Crippen molar-refractivity contribution in [3.05, 3.63) is 0 Å². The SMILES string of the molecule is C1CCNCC1.CCCOCCC.F.F. The highest BCUT2D eigenvalue weighted by molar-refractivity contribution is 4.55. The number of hydrogen-bond donors (Lipinski definition) is 1. The molecule has 1 heterocycles. The molecular formula is C11H27F2NO. The van der Waals surface area contributed by atoms with Crippen molar-refractivity contribution in [2.75, 3.05) is 26.3 Å². The van der Waals surface area contributed by atoms with Gasteiger partial charge in [0.2, 0.25) is 0 Å². The second kappa shape index (κ2) is 19.4. The first kappa shape index (κ1) is 20.2. The van der Waals surface area contributed by atoms with Crippen LogP contribution >= 0.6 is 0 Å². The van der Waals surface area contributed by atoms with E-state index in [1.54, 1.807) is 0 Å². The minimum atomic E-state index is 0. The molecule has 15 heavy (non-hydrogen) atoms. The number of ether oxygens (including phenoxy) is 1. The van der Waals surface area contributed by atoms with Gasteiger partial charge < -0.3 is 10.1 Å². The van der Waals surface area contributed by atoms with Crippen molar-refractivity contribution >= 4 is 0 Å². The van der Waals surface area contributed by atoms with Crippen molar-refractivity contribution in [1.82, 2.24) is 5.32 Å². The Morgan fingerprint density at radius 2 is 1.33 bits per heavy atom. The third kappa shape index (κ3) is 20.0. The maximum atomic E-state index is 5.13. The number of piperidine rings is 1. The molecule has 0 spiro atoms. The Hall–Kier alpha value is -0.220. The molecule has 0 aromatic rings. The summed E-state index contributed by atoms with van der Waals surface area (Å²) in [6, 6.07) is 0. The molecule has 0 amide bonds. The Bertz CT molecular complexity index is 75.1. The van der Waals surface area contributed by atoms with E-state index < -0.39 is 0 Å². The minimum Gasteiger partial charge on any atom is -0.381 e. The first-order valence-electron chi connectivity index (χ1n) is 5.70. The second-order valence-corrected chi connectivity index (χ2v) is 3.42. The molecule has 0 unspecified atom stereocenters. The van der Waals surface area contributed by atoms with Gasteiger partial charge in [0.25, 0.3) is 0 Å². The predicted molar refractivity (Wildman–Crippen MR) is 63.1 cm³/mol. The smallest absolute Gasteiger partial charge is 0.0463 e. The van der Waals surface area contributed by atoms with E-state index in [1.807, 2.05) is 0 Å². The molecule has 1 rings (SSSR count). The standard InChI is InChI=1S/C6H14O.C5H11N.2FH/c1-3-5-7-6-4-2;1-2-4-6-5-3-1;;/h3-6H2,1-2H3;6H,1-5H2;2*1H. The second-order valence-electron chi connectivity index (χ2n) is 3.42. The summed E-state index contributed by atoms with van der Waals surface area (Å²) < 4.78 is 5.13. The first-order chi connectivity index (χ1) is 6.41. The maximum Gasteiger partial charge on any atom is 0.0463 e. The first-order valence-corrected chi connectivity index (χ1v) is 5.70. The van der Waals surface area contributed by atoms with Crippen molar-refractivity contribution in [3.8, 4) is 0 Å². The number of nitrogens with one attached hydrogen (secondary N) is 1. The topological polar surface area (TPSA) is 21.3 Å². The zero-order valence-electron chi connectivity index (χ0n) is 10.1. The van der Waals surface area contributed by atoms with Crippen LogP contribution in [-0.4, -0.2) is 26.3 Å². The van der Waals surface area contributed by atoms with Crippen molar-refractivity contribution in [1.29, 1.82) is 0 Å². The Morgan fingerprint density at radius 3 is 1.53 bits per heavy atom. The highest BCUT2D eigenvalue weighted by atomic mass is 19.0. The molecular weight excluding hydrogens is 200 g/mol. The van der Waals surface area contributed by atoms with Gasteiger partial charge >= 0.3 is 0 Å². The lowest BCUT2D eigenvalue weighted by molar-refractivity contribution is 0.135. The molecule has 0 aliphatic carbocycles. The van der Waals surface area contributed by atoms with Crippen LogP contribution in [0.1, 0.15) is 46.0 Å². The van der Waals surface area contributed by atoms with Gasteiger partial charge in [0.15, 0.2) is 0 Å². The highest BCUT2D eigenvalue weighted by Gasteiger charge is 1.93. The Kier molecular flexibility index (Phi) is 26.1. The van der Waals surface area contributed by atoms with Gasteiger partial charge in [0.05, 0.1) is 0 Å². The van der Waals surface area contributed by atoms with Crippen LogP contribution in [0.4, 0.5) is 9.41 Å². The van der Waals surface area contributed by atoms with Crippen LogP contribution in [0.15, 0.2) is 0 Å². The third-order valence-electron chi connectivity index (χ3n) is 1.90. The maximum absolute atomic E-state index is 5.13. The van der Waals surface area contributed by atoms with Crippen molar-refractivity contribution < 1.29 is 14.1 Å². The Morgan fingerprint density at radius 1 is 0.867 bits per heavy atom. The molecule has 1 aliphatic rings. The molecule has 4 heteroatoms. The lowest BCUT2D eigenvalue weighted by Crippen LogP contribution is -2.21. The Labute approximate surface area is 92.5 Å². The van der Waals surface area contributed by atoms with Crippen molar-refractivity contribution in [2.45, 2.75) is 46.0 Å². The van der Waals surface area contributed by atoms with Gasteiger partial charge in [-0.05, 0) is 38.8 Å². The number of halogens is 2. The van der Waals surface area contributed by atoms with Crippen LogP contribution in [0.2, 0.25) is 0 Å². The van der Waals surface area contributed by atoms with Gasteiger partial charge in [0, 0.05) is 13.2 Å². The molecule has 0 bridgehead atoms. The summed E-state index contributed by atoms with van der Waals surface area (Å²) in [6.45, 7) is 8.59. The molecule has 0 saturated carbocycles. The monoisotopic (exact) mass is 227 g/mol. The van der Waals surface area contributed by atoms with Crippen LogP contribution in [0.5, 0.6) is 0 Å². The quantitative estimate of drug-likeness (QED) is 0.746. The molecule has 2 nitrogen and oxygen atoms in total. The molecule has 0 aromatic heterocycles. The lowest BCUT2D eigenvalue weighted by Gasteiger charge is -2.08. The van der Waals surface area contributed by atoms with Crippen molar-refractivity contribution in [3.63, 3.8) is 0 Å². The van der Waals surface area contributed by atoms with E-state index in [0.29, 0.717) is 0 Å². The van der Waals surface area contributed by atoms with Crippen LogP contribution in [0.25, 0.3) is 0 Å². The summed E-state index contributed by atoms with van der Waals surface area (Å²) in [7, 11) is 0. The van der Waals surface area contributed by atoms with Gasteiger partial charge in [0.1, 0.15) is 0 Å². The average Bonchev–Trinajstić information content (AvgIpc) is 2.22. The molecule has 0 atom stereocenters. The molecule has 0 radical (unpaired) electrons. The van der Waals surface area contributed by atoms with E-state index in [0.717, 1.165) is 26.1 Å². The predicted octanol–water partition coefficient (Wildman–Crippen LogP) is 2.89. The van der Waals surface area contributed by atoms with E-state index in [1.165, 1.54) is 32.4 Å². The van der Waals surface area contributed by atoms with E-state index in [2.05, 4.69) is 19.2 Å². The van der Waals surface area contributed by atoms with Crippen LogP contribution in [0.3, 0.4) is 0 Å². The van der Waals surface area contributed by atoms with E-state index in [-0.39, 0.29) is 9.41 Å². The van der Waals surface area contributed by atoms with Crippen LogP contribution < -0.4 is 5.32 Å². The fourth-order valence-electron chi connectivity index (χ4n) is 1.19. The summed E-state index contributed by atoms with van der Waals surface area (Å²) in [4.78, 5) is 0. The third-order valence-corrected chi connectivity index (χ3v) is 1.90. The molecule has 96 valence electrons. The highest BCUT2D eigenvalue weighted by Crippen LogP contribution is 1.96. The molecule has 1 N–H and O–H groups in total. The van der Waals surface area contributed by atoms with Gasteiger partial charge in [-0.1, -0.05) is 20.3 Å². The minimum absolute atomic E-state index is 0. The number of hydrogen-bond acceptors (Lipinski definition) is 2. The van der Waals surface area contributed by atoms with Crippen LogP contribution in [-0.2, 0) is 4.74 Å². The zero-order chi connectivity index (χ0) is 9.78. The fourth-order valence-corrected chi connectivity index (χ4v) is 1.19. The average molecular weight is 227 g/mol. The lowest BCUT2D eigenvalue weighted by atomic mass is 10.2. The van der Waals surface area contributed by atoms with Crippen LogP contribution in [0, 0.1) is 0 Å². The summed E-state index contributed by atoms with van der Waals surface area (Å²) >= 11 is 0. The summed E-state index contributed by atoms with van der Waals surface area (Å²) in [5, 5.41) is 3.28.